The molecule has 0 aliphatic rings. The Hall–Kier alpha value is -3.18. The molecule has 0 bridgehead atoms. The van der Waals surface area contributed by atoms with E-state index in [0.717, 1.165) is 26.3 Å². The Morgan fingerprint density at radius 2 is 1.62 bits per heavy atom. The minimum absolute atomic E-state index is 0.0856. The first-order valence-corrected chi connectivity index (χ1v) is 14.0. The van der Waals surface area contributed by atoms with Crippen molar-refractivity contribution >= 4 is 50.9 Å². The number of carbonyl (C=O) groups excluding carboxylic acids is 2. The number of hydrogen-bond donors (Lipinski definition) is 1. The van der Waals surface area contributed by atoms with E-state index >= 15 is 0 Å². The van der Waals surface area contributed by atoms with Gasteiger partial charge in [0.1, 0.15) is 18.4 Å². The lowest BCUT2D eigenvalue weighted by Gasteiger charge is -2.34. The summed E-state index contributed by atoms with van der Waals surface area (Å²) in [5, 5.41) is 3.28. The maximum Gasteiger partial charge on any atom is 0.304 e. The second-order valence-electron chi connectivity index (χ2n) is 8.85. The van der Waals surface area contributed by atoms with Crippen molar-refractivity contribution in [2.24, 2.45) is 0 Å². The Kier molecular flexibility index (Phi) is 10.3. The molecule has 2 amide bonds. The van der Waals surface area contributed by atoms with Gasteiger partial charge in [0.05, 0.1) is 5.69 Å². The molecule has 0 aliphatic carbocycles. The molecule has 0 unspecified atom stereocenters. The summed E-state index contributed by atoms with van der Waals surface area (Å²) in [5.74, 6) is -1.67. The zero-order valence-electron chi connectivity index (χ0n) is 21.6. The lowest BCUT2D eigenvalue weighted by molar-refractivity contribution is -0.139. The molecule has 0 spiro atoms. The van der Waals surface area contributed by atoms with Crippen LogP contribution in [0.5, 0.6) is 0 Å². The van der Waals surface area contributed by atoms with Crippen LogP contribution in [0.25, 0.3) is 0 Å². The molecule has 0 radical (unpaired) electrons. The van der Waals surface area contributed by atoms with Crippen LogP contribution < -0.4 is 9.62 Å². The fourth-order valence-corrected chi connectivity index (χ4v) is 5.40. The molecule has 0 saturated carbocycles. The molecule has 3 rings (SSSR count). The summed E-state index contributed by atoms with van der Waals surface area (Å²) >= 11 is 12.5. The molecule has 39 heavy (non-hydrogen) atoms. The highest BCUT2D eigenvalue weighted by molar-refractivity contribution is 7.90. The van der Waals surface area contributed by atoms with Crippen molar-refractivity contribution in [3.05, 3.63) is 99.8 Å². The number of nitrogens with one attached hydrogen (secondary N) is 1. The van der Waals surface area contributed by atoms with Crippen LogP contribution in [0, 0.1) is 5.82 Å². The van der Waals surface area contributed by atoms with E-state index in [1.807, 2.05) is 30.3 Å². The van der Waals surface area contributed by atoms with Crippen molar-refractivity contribution in [3.8, 4) is 0 Å². The van der Waals surface area contributed by atoms with Gasteiger partial charge in [-0.2, -0.15) is 12.7 Å². The predicted octanol–water partition coefficient (Wildman–Crippen LogP) is 4.13. The highest BCUT2D eigenvalue weighted by Crippen LogP contribution is 2.26. The number of nitrogens with zero attached hydrogens (tertiary/aromatic N) is 3. The summed E-state index contributed by atoms with van der Waals surface area (Å²) in [6, 6.07) is 17.6. The monoisotopic (exact) mass is 594 g/mol. The summed E-state index contributed by atoms with van der Waals surface area (Å²) in [5.41, 5.74) is 1.39. The highest BCUT2D eigenvalue weighted by Gasteiger charge is 2.34. The molecule has 3 aromatic carbocycles. The van der Waals surface area contributed by atoms with Crippen LogP contribution in [0.4, 0.5) is 10.1 Å². The summed E-state index contributed by atoms with van der Waals surface area (Å²) in [6.45, 7) is -0.751. The average molecular weight is 596 g/mol. The molecule has 0 aromatic heterocycles. The van der Waals surface area contributed by atoms with Gasteiger partial charge in [0.2, 0.25) is 11.8 Å². The van der Waals surface area contributed by atoms with Crippen molar-refractivity contribution < 1.29 is 22.4 Å². The molecule has 12 heteroatoms. The number of likely N-dealkylation sites (N-methyl/N-ethyl adjacent to an activating group) is 1. The Morgan fingerprint density at radius 3 is 2.18 bits per heavy atom. The minimum Gasteiger partial charge on any atom is -0.357 e. The molecule has 1 atom stereocenters. The first kappa shape index (κ1) is 30.4. The SMILES string of the molecule is CNC(=O)[C@@H](Cc1ccccc1)N(Cc1ccc(Cl)cc1Cl)C(=O)CN(c1ccc(F)cc1)S(=O)(=O)N(C)C. The van der Waals surface area contributed by atoms with E-state index in [0.29, 0.717) is 10.6 Å². The molecular formula is C27H29Cl2FN4O4S. The van der Waals surface area contributed by atoms with E-state index in [4.69, 9.17) is 23.2 Å². The number of rotatable bonds is 11. The van der Waals surface area contributed by atoms with Crippen molar-refractivity contribution in [1.82, 2.24) is 14.5 Å². The summed E-state index contributed by atoms with van der Waals surface area (Å²) in [7, 11) is -0.0725. The van der Waals surface area contributed by atoms with Crippen LogP contribution in [0.1, 0.15) is 11.1 Å². The van der Waals surface area contributed by atoms with Crippen LogP contribution in [-0.2, 0) is 32.8 Å². The Bertz CT molecular complexity index is 1410. The molecule has 208 valence electrons. The molecule has 3 aromatic rings. The molecule has 0 aliphatic heterocycles. The van der Waals surface area contributed by atoms with E-state index in [9.17, 15) is 22.4 Å². The van der Waals surface area contributed by atoms with E-state index in [1.54, 1.807) is 12.1 Å². The van der Waals surface area contributed by atoms with Crippen LogP contribution in [0.15, 0.2) is 72.8 Å². The second kappa shape index (κ2) is 13.3. The third kappa shape index (κ3) is 7.69. The van der Waals surface area contributed by atoms with Gasteiger partial charge in [0.15, 0.2) is 0 Å². The average Bonchev–Trinajstić information content (AvgIpc) is 2.90. The van der Waals surface area contributed by atoms with Crippen LogP contribution in [0.3, 0.4) is 0 Å². The second-order valence-corrected chi connectivity index (χ2v) is 11.8. The van der Waals surface area contributed by atoms with E-state index in [2.05, 4.69) is 5.32 Å². The van der Waals surface area contributed by atoms with Gasteiger partial charge >= 0.3 is 10.2 Å². The Balaban J connectivity index is 2.08. The number of carbonyl (C=O) groups is 2. The van der Waals surface area contributed by atoms with Crippen LogP contribution >= 0.6 is 23.2 Å². The lowest BCUT2D eigenvalue weighted by Crippen LogP contribution is -2.53. The molecule has 1 N–H and O–H groups in total. The van der Waals surface area contributed by atoms with Gasteiger partial charge in [-0.25, -0.2) is 8.70 Å². The van der Waals surface area contributed by atoms with Crippen molar-refractivity contribution in [2.75, 3.05) is 32.0 Å². The van der Waals surface area contributed by atoms with Crippen LogP contribution in [0.2, 0.25) is 10.0 Å². The Labute approximate surface area is 238 Å². The number of hydrogen-bond acceptors (Lipinski definition) is 4. The van der Waals surface area contributed by atoms with Gasteiger partial charge < -0.3 is 10.2 Å². The predicted molar refractivity (Wildman–Crippen MR) is 151 cm³/mol. The smallest absolute Gasteiger partial charge is 0.304 e. The third-order valence-electron chi connectivity index (χ3n) is 6.01. The maximum atomic E-state index is 14.0. The highest BCUT2D eigenvalue weighted by atomic mass is 35.5. The molecule has 0 fully saturated rings. The van der Waals surface area contributed by atoms with Crippen molar-refractivity contribution in [1.29, 1.82) is 0 Å². The Morgan fingerprint density at radius 1 is 0.974 bits per heavy atom. The maximum absolute atomic E-state index is 14.0. The number of halogens is 3. The summed E-state index contributed by atoms with van der Waals surface area (Å²) in [6.07, 6.45) is 0.161. The summed E-state index contributed by atoms with van der Waals surface area (Å²) < 4.78 is 41.9. The first-order chi connectivity index (χ1) is 18.4. The number of anilines is 1. The van der Waals surface area contributed by atoms with E-state index in [1.165, 1.54) is 44.2 Å². The molecule has 0 heterocycles. The standard InChI is InChI=1S/C27H29Cl2FN4O4S/c1-31-27(36)25(15-19-7-5-4-6-8-19)33(17-20-9-10-21(28)16-24(20)29)26(35)18-34(39(37,38)32(2)3)23-13-11-22(30)12-14-23/h4-14,16,25H,15,17-18H2,1-3H3,(H,31,36)/t25-/m1/s1. The topological polar surface area (TPSA) is 90.0 Å². The van der Waals surface area contributed by atoms with Gasteiger partial charge in [-0.3, -0.25) is 9.59 Å². The van der Waals surface area contributed by atoms with Gasteiger partial charge in [-0.15, -0.1) is 0 Å². The van der Waals surface area contributed by atoms with E-state index < -0.39 is 40.4 Å². The third-order valence-corrected chi connectivity index (χ3v) is 8.41. The quantitative estimate of drug-likeness (QED) is 0.361. The number of benzene rings is 3. The lowest BCUT2D eigenvalue weighted by atomic mass is 10.0. The minimum atomic E-state index is -4.18. The van der Waals surface area contributed by atoms with Gasteiger partial charge in [-0.05, 0) is 47.5 Å². The van der Waals surface area contributed by atoms with Gasteiger partial charge in [0, 0.05) is 44.2 Å². The fourth-order valence-electron chi connectivity index (χ4n) is 3.88. The molecular weight excluding hydrogens is 566 g/mol. The van der Waals surface area contributed by atoms with Crippen LogP contribution in [-0.4, -0.2) is 63.2 Å². The zero-order valence-corrected chi connectivity index (χ0v) is 24.0. The number of amides is 2. The van der Waals surface area contributed by atoms with Gasteiger partial charge in [0.25, 0.3) is 0 Å². The first-order valence-electron chi connectivity index (χ1n) is 11.9. The molecule has 8 nitrogen and oxygen atoms in total. The van der Waals surface area contributed by atoms with Crippen molar-refractivity contribution in [2.45, 2.75) is 19.0 Å². The normalized spacial score (nSPS) is 12.2. The molecule has 0 saturated heterocycles. The zero-order chi connectivity index (χ0) is 28.7. The fraction of sp³-hybridized carbons (Fsp3) is 0.259. The van der Waals surface area contributed by atoms with Gasteiger partial charge in [-0.1, -0.05) is 59.6 Å². The summed E-state index contributed by atoms with van der Waals surface area (Å²) in [4.78, 5) is 28.4. The largest absolute Gasteiger partial charge is 0.357 e. The van der Waals surface area contributed by atoms with Crippen molar-refractivity contribution in [3.63, 3.8) is 0 Å². The van der Waals surface area contributed by atoms with E-state index in [-0.39, 0.29) is 23.7 Å².